The average Bonchev–Trinajstić information content (AvgIpc) is 2.23. The smallest absolute Gasteiger partial charge is 0.123 e. The maximum Gasteiger partial charge on any atom is 0.123 e. The molecule has 0 aliphatic heterocycles. The van der Waals surface area contributed by atoms with Gasteiger partial charge in [-0.2, -0.15) is 0 Å². The van der Waals surface area contributed by atoms with Crippen LogP contribution in [0.1, 0.15) is 25.8 Å². The van der Waals surface area contributed by atoms with Crippen LogP contribution in [0.15, 0.2) is 18.2 Å². The largest absolute Gasteiger partial charge is 0.493 e. The van der Waals surface area contributed by atoms with Gasteiger partial charge in [-0.3, -0.25) is 0 Å². The second-order valence-electron chi connectivity index (χ2n) is 4.47. The number of halogens is 1. The molecule has 0 bridgehead atoms. The second kappa shape index (κ2) is 5.55. The molecule has 0 aliphatic carbocycles. The van der Waals surface area contributed by atoms with E-state index in [0.717, 1.165) is 17.7 Å². The predicted molar refractivity (Wildman–Crippen MR) is 67.4 cm³/mol. The van der Waals surface area contributed by atoms with Crippen molar-refractivity contribution in [3.8, 4) is 5.75 Å². The molecule has 2 nitrogen and oxygen atoms in total. The summed E-state index contributed by atoms with van der Waals surface area (Å²) in [6, 6.07) is 5.67. The fraction of sp³-hybridized carbons (Fsp3) is 0.538. The van der Waals surface area contributed by atoms with Crippen molar-refractivity contribution in [2.24, 2.45) is 0 Å². The van der Waals surface area contributed by atoms with Gasteiger partial charge in [0.2, 0.25) is 0 Å². The van der Waals surface area contributed by atoms with Gasteiger partial charge in [-0.25, -0.2) is 0 Å². The molecular formula is C13H19ClO2. The Kier molecular flexibility index (Phi) is 4.63. The monoisotopic (exact) mass is 242 g/mol. The molecule has 3 heteroatoms. The molecule has 0 aliphatic rings. The van der Waals surface area contributed by atoms with E-state index in [1.54, 1.807) is 7.11 Å². The van der Waals surface area contributed by atoms with Crippen LogP contribution in [0.4, 0.5) is 0 Å². The Bertz CT molecular complexity index is 348. The van der Waals surface area contributed by atoms with E-state index < -0.39 is 0 Å². The maximum absolute atomic E-state index is 5.91. The summed E-state index contributed by atoms with van der Waals surface area (Å²) in [5.41, 5.74) is 0.951. The Balaban J connectivity index is 2.52. The SMILES string of the molecule is COC(C)(C)CCOc1cc(Cl)ccc1C. The molecule has 1 aromatic rings. The van der Waals surface area contributed by atoms with E-state index in [0.29, 0.717) is 11.6 Å². The highest BCUT2D eigenvalue weighted by molar-refractivity contribution is 6.30. The van der Waals surface area contributed by atoms with Crippen molar-refractivity contribution in [1.82, 2.24) is 0 Å². The van der Waals surface area contributed by atoms with E-state index in [1.165, 1.54) is 0 Å². The number of benzene rings is 1. The number of hydrogen-bond acceptors (Lipinski definition) is 2. The minimum absolute atomic E-state index is 0.146. The normalized spacial score (nSPS) is 11.6. The van der Waals surface area contributed by atoms with Crippen LogP contribution in [0.25, 0.3) is 0 Å². The molecule has 1 rings (SSSR count). The van der Waals surface area contributed by atoms with Crippen molar-refractivity contribution in [3.05, 3.63) is 28.8 Å². The van der Waals surface area contributed by atoms with Gasteiger partial charge in [0.25, 0.3) is 0 Å². The van der Waals surface area contributed by atoms with Gasteiger partial charge in [0.15, 0.2) is 0 Å². The molecule has 1 aromatic carbocycles. The zero-order valence-electron chi connectivity index (χ0n) is 10.3. The van der Waals surface area contributed by atoms with Gasteiger partial charge in [0.1, 0.15) is 5.75 Å². The van der Waals surface area contributed by atoms with Crippen molar-refractivity contribution in [3.63, 3.8) is 0 Å². The first-order valence-electron chi connectivity index (χ1n) is 5.39. The quantitative estimate of drug-likeness (QED) is 0.781. The standard InChI is InChI=1S/C13H19ClO2/c1-10-5-6-11(14)9-12(10)16-8-7-13(2,3)15-4/h5-6,9H,7-8H2,1-4H3. The first-order chi connectivity index (χ1) is 7.44. The summed E-state index contributed by atoms with van der Waals surface area (Å²) in [6.07, 6.45) is 0.843. The van der Waals surface area contributed by atoms with E-state index in [-0.39, 0.29) is 5.60 Å². The molecule has 0 heterocycles. The molecule has 0 atom stereocenters. The molecule has 0 fully saturated rings. The Hall–Kier alpha value is -0.730. The van der Waals surface area contributed by atoms with Crippen LogP contribution in [0.3, 0.4) is 0 Å². The van der Waals surface area contributed by atoms with Crippen LogP contribution in [0.2, 0.25) is 5.02 Å². The Morgan fingerprint density at radius 1 is 1.31 bits per heavy atom. The molecule has 0 spiro atoms. The van der Waals surface area contributed by atoms with Crippen LogP contribution >= 0.6 is 11.6 Å². The predicted octanol–water partition coefficient (Wildman–Crippen LogP) is 3.84. The number of methoxy groups -OCH3 is 1. The van der Waals surface area contributed by atoms with Crippen LogP contribution in [0, 0.1) is 6.92 Å². The zero-order chi connectivity index (χ0) is 12.2. The number of ether oxygens (including phenoxy) is 2. The fourth-order valence-corrected chi connectivity index (χ4v) is 1.40. The molecule has 16 heavy (non-hydrogen) atoms. The van der Waals surface area contributed by atoms with Crippen LogP contribution in [0.5, 0.6) is 5.75 Å². The molecular weight excluding hydrogens is 224 g/mol. The Morgan fingerprint density at radius 3 is 2.62 bits per heavy atom. The summed E-state index contributed by atoms with van der Waals surface area (Å²) in [5, 5.41) is 0.701. The van der Waals surface area contributed by atoms with Crippen LogP contribution in [-0.2, 0) is 4.74 Å². The van der Waals surface area contributed by atoms with Gasteiger partial charge in [-0.05, 0) is 38.5 Å². The third-order valence-electron chi connectivity index (χ3n) is 2.66. The lowest BCUT2D eigenvalue weighted by Gasteiger charge is -2.22. The molecule has 0 amide bonds. The van der Waals surface area contributed by atoms with E-state index in [4.69, 9.17) is 21.1 Å². The van der Waals surface area contributed by atoms with Gasteiger partial charge in [0.05, 0.1) is 12.2 Å². The van der Waals surface area contributed by atoms with Gasteiger partial charge in [-0.1, -0.05) is 17.7 Å². The highest BCUT2D eigenvalue weighted by Crippen LogP contribution is 2.23. The molecule has 90 valence electrons. The summed E-state index contributed by atoms with van der Waals surface area (Å²) < 4.78 is 11.0. The highest BCUT2D eigenvalue weighted by Gasteiger charge is 2.16. The molecule has 0 N–H and O–H groups in total. The molecule has 0 aromatic heterocycles. The summed E-state index contributed by atoms with van der Waals surface area (Å²) in [7, 11) is 1.71. The van der Waals surface area contributed by atoms with E-state index in [2.05, 4.69) is 0 Å². The van der Waals surface area contributed by atoms with E-state index >= 15 is 0 Å². The van der Waals surface area contributed by atoms with Gasteiger partial charge in [0, 0.05) is 18.6 Å². The molecule has 0 radical (unpaired) electrons. The van der Waals surface area contributed by atoms with Crippen molar-refractivity contribution in [2.45, 2.75) is 32.8 Å². The average molecular weight is 243 g/mol. The molecule has 0 unspecified atom stereocenters. The van der Waals surface area contributed by atoms with E-state index in [9.17, 15) is 0 Å². The lowest BCUT2D eigenvalue weighted by molar-refractivity contribution is 0.00540. The number of aryl methyl sites for hydroxylation is 1. The van der Waals surface area contributed by atoms with Crippen molar-refractivity contribution < 1.29 is 9.47 Å². The minimum atomic E-state index is -0.146. The lowest BCUT2D eigenvalue weighted by Crippen LogP contribution is -2.25. The van der Waals surface area contributed by atoms with Gasteiger partial charge < -0.3 is 9.47 Å². The van der Waals surface area contributed by atoms with Gasteiger partial charge >= 0.3 is 0 Å². The highest BCUT2D eigenvalue weighted by atomic mass is 35.5. The van der Waals surface area contributed by atoms with Crippen molar-refractivity contribution in [1.29, 1.82) is 0 Å². The number of hydrogen-bond donors (Lipinski definition) is 0. The summed E-state index contributed by atoms with van der Waals surface area (Å²) in [5.74, 6) is 0.847. The fourth-order valence-electron chi connectivity index (χ4n) is 1.24. The third-order valence-corrected chi connectivity index (χ3v) is 2.90. The van der Waals surface area contributed by atoms with Crippen molar-refractivity contribution in [2.75, 3.05) is 13.7 Å². The molecule has 0 saturated carbocycles. The molecule has 0 saturated heterocycles. The Labute approximate surface area is 103 Å². The second-order valence-corrected chi connectivity index (χ2v) is 4.91. The maximum atomic E-state index is 5.91. The minimum Gasteiger partial charge on any atom is -0.493 e. The Morgan fingerprint density at radius 2 is 2.00 bits per heavy atom. The van der Waals surface area contributed by atoms with Crippen LogP contribution in [-0.4, -0.2) is 19.3 Å². The lowest BCUT2D eigenvalue weighted by atomic mass is 10.1. The summed E-state index contributed by atoms with van der Waals surface area (Å²) in [6.45, 7) is 6.72. The third kappa shape index (κ3) is 4.03. The van der Waals surface area contributed by atoms with E-state index in [1.807, 2.05) is 39.0 Å². The van der Waals surface area contributed by atoms with Crippen molar-refractivity contribution >= 4 is 11.6 Å². The first-order valence-corrected chi connectivity index (χ1v) is 5.76. The summed E-state index contributed by atoms with van der Waals surface area (Å²) in [4.78, 5) is 0. The zero-order valence-corrected chi connectivity index (χ0v) is 11.1. The summed E-state index contributed by atoms with van der Waals surface area (Å²) >= 11 is 5.91. The first kappa shape index (κ1) is 13.3. The van der Waals surface area contributed by atoms with Crippen LogP contribution < -0.4 is 4.74 Å². The topological polar surface area (TPSA) is 18.5 Å². The number of rotatable bonds is 5. The van der Waals surface area contributed by atoms with Gasteiger partial charge in [-0.15, -0.1) is 0 Å².